The van der Waals surface area contributed by atoms with Crippen molar-refractivity contribution in [3.63, 3.8) is 0 Å². The van der Waals surface area contributed by atoms with Gasteiger partial charge in [-0.3, -0.25) is 0 Å². The fourth-order valence-corrected chi connectivity index (χ4v) is 2.61. The minimum absolute atomic E-state index is 0.133. The molecule has 1 aliphatic heterocycles. The maximum absolute atomic E-state index is 11.3. The first-order valence-electron chi connectivity index (χ1n) is 4.80. The molecule has 15 heavy (non-hydrogen) atoms. The van der Waals surface area contributed by atoms with Crippen LogP contribution in [-0.4, -0.2) is 14.5 Å². The molecule has 0 saturated carbocycles. The number of sulfonamides is 1. The Morgan fingerprint density at radius 2 is 2.20 bits per heavy atom. The van der Waals surface area contributed by atoms with Crippen molar-refractivity contribution in [1.82, 2.24) is 0 Å². The van der Waals surface area contributed by atoms with Gasteiger partial charge in [0.1, 0.15) is 5.75 Å². The van der Waals surface area contributed by atoms with Crippen LogP contribution in [0.2, 0.25) is 0 Å². The van der Waals surface area contributed by atoms with Crippen molar-refractivity contribution in [3.05, 3.63) is 23.8 Å². The van der Waals surface area contributed by atoms with Gasteiger partial charge in [0, 0.05) is 5.56 Å². The SMILES string of the molecule is CC1CCc2c(cccc2S(N)(=O)=O)O1. The summed E-state index contributed by atoms with van der Waals surface area (Å²) in [7, 11) is -3.64. The smallest absolute Gasteiger partial charge is 0.238 e. The van der Waals surface area contributed by atoms with Crippen LogP contribution in [-0.2, 0) is 16.4 Å². The molecule has 0 radical (unpaired) electrons. The van der Waals surface area contributed by atoms with Crippen LogP contribution in [0.5, 0.6) is 5.75 Å². The van der Waals surface area contributed by atoms with Crippen LogP contribution in [0.4, 0.5) is 0 Å². The molecule has 0 aromatic heterocycles. The molecule has 82 valence electrons. The van der Waals surface area contributed by atoms with E-state index >= 15 is 0 Å². The van der Waals surface area contributed by atoms with Gasteiger partial charge < -0.3 is 4.74 Å². The maximum atomic E-state index is 11.3. The van der Waals surface area contributed by atoms with Gasteiger partial charge in [0.25, 0.3) is 0 Å². The van der Waals surface area contributed by atoms with Gasteiger partial charge in [-0.05, 0) is 31.9 Å². The van der Waals surface area contributed by atoms with Crippen LogP contribution in [0.1, 0.15) is 18.9 Å². The number of rotatable bonds is 1. The van der Waals surface area contributed by atoms with Crippen molar-refractivity contribution < 1.29 is 13.2 Å². The largest absolute Gasteiger partial charge is 0.490 e. The Bertz CT molecular complexity index is 481. The average molecular weight is 227 g/mol. The van der Waals surface area contributed by atoms with Crippen LogP contribution in [0.15, 0.2) is 23.1 Å². The molecule has 2 rings (SSSR count). The van der Waals surface area contributed by atoms with Crippen LogP contribution in [0.3, 0.4) is 0 Å². The van der Waals surface area contributed by atoms with Gasteiger partial charge in [-0.1, -0.05) is 6.07 Å². The number of benzene rings is 1. The predicted molar refractivity (Wildman–Crippen MR) is 56.2 cm³/mol. The summed E-state index contributed by atoms with van der Waals surface area (Å²) in [6, 6.07) is 4.95. The molecule has 0 aliphatic carbocycles. The Morgan fingerprint density at radius 1 is 1.47 bits per heavy atom. The Labute approximate surface area is 89.1 Å². The van der Waals surface area contributed by atoms with E-state index < -0.39 is 10.0 Å². The third-order valence-electron chi connectivity index (χ3n) is 2.53. The zero-order valence-electron chi connectivity index (χ0n) is 8.43. The summed E-state index contributed by atoms with van der Waals surface area (Å²) in [6.45, 7) is 1.96. The van der Waals surface area contributed by atoms with E-state index in [9.17, 15) is 8.42 Å². The normalized spacial score (nSPS) is 20.5. The number of hydrogen-bond donors (Lipinski definition) is 1. The summed E-state index contributed by atoms with van der Waals surface area (Å²) in [5.41, 5.74) is 0.707. The highest BCUT2D eigenvalue weighted by Gasteiger charge is 2.22. The van der Waals surface area contributed by atoms with Gasteiger partial charge in [-0.2, -0.15) is 0 Å². The highest BCUT2D eigenvalue weighted by atomic mass is 32.2. The van der Waals surface area contributed by atoms with Crippen molar-refractivity contribution in [2.45, 2.75) is 30.8 Å². The molecule has 0 bridgehead atoms. The lowest BCUT2D eigenvalue weighted by atomic mass is 10.0. The minimum Gasteiger partial charge on any atom is -0.490 e. The summed E-state index contributed by atoms with van der Waals surface area (Å²) in [5.74, 6) is 0.639. The zero-order chi connectivity index (χ0) is 11.1. The van der Waals surface area contributed by atoms with Gasteiger partial charge in [0.2, 0.25) is 10.0 Å². The van der Waals surface area contributed by atoms with E-state index in [0.29, 0.717) is 17.7 Å². The molecule has 0 saturated heterocycles. The number of nitrogens with two attached hydrogens (primary N) is 1. The van der Waals surface area contributed by atoms with Gasteiger partial charge in [0.05, 0.1) is 11.0 Å². The van der Waals surface area contributed by atoms with E-state index in [0.717, 1.165) is 6.42 Å². The average Bonchev–Trinajstić information content (AvgIpc) is 2.15. The third kappa shape index (κ3) is 1.98. The molecule has 1 unspecified atom stereocenters. The summed E-state index contributed by atoms with van der Waals surface area (Å²) in [4.78, 5) is 0.187. The Kier molecular flexibility index (Phi) is 2.44. The van der Waals surface area contributed by atoms with Crippen molar-refractivity contribution in [2.24, 2.45) is 5.14 Å². The monoisotopic (exact) mass is 227 g/mol. The van der Waals surface area contributed by atoms with E-state index in [-0.39, 0.29) is 11.0 Å². The predicted octanol–water partition coefficient (Wildman–Crippen LogP) is 1.05. The summed E-state index contributed by atoms with van der Waals surface area (Å²) in [6.07, 6.45) is 1.65. The van der Waals surface area contributed by atoms with Gasteiger partial charge in [0.15, 0.2) is 0 Å². The second-order valence-electron chi connectivity index (χ2n) is 3.74. The van der Waals surface area contributed by atoms with Crippen LogP contribution < -0.4 is 9.88 Å². The molecule has 1 aromatic carbocycles. The molecule has 0 fully saturated rings. The van der Waals surface area contributed by atoms with Crippen LogP contribution in [0.25, 0.3) is 0 Å². The Hall–Kier alpha value is -1.07. The quantitative estimate of drug-likeness (QED) is 0.779. The third-order valence-corrected chi connectivity index (χ3v) is 3.52. The number of primary sulfonamides is 1. The minimum atomic E-state index is -3.64. The lowest BCUT2D eigenvalue weighted by Crippen LogP contribution is -2.22. The molecule has 2 N–H and O–H groups in total. The number of fused-ring (bicyclic) bond motifs is 1. The standard InChI is InChI=1S/C10H13NO3S/c1-7-5-6-8-9(14-7)3-2-4-10(8)15(11,12)13/h2-4,7H,5-6H2,1H3,(H2,11,12,13). The second-order valence-corrected chi connectivity index (χ2v) is 5.27. The van der Waals surface area contributed by atoms with Crippen molar-refractivity contribution in [3.8, 4) is 5.75 Å². The van der Waals surface area contributed by atoms with E-state index in [4.69, 9.17) is 9.88 Å². The first kappa shape index (κ1) is 10.4. The van der Waals surface area contributed by atoms with Gasteiger partial charge in [-0.15, -0.1) is 0 Å². The summed E-state index contributed by atoms with van der Waals surface area (Å²) < 4.78 is 28.2. The van der Waals surface area contributed by atoms with E-state index in [2.05, 4.69) is 0 Å². The van der Waals surface area contributed by atoms with Gasteiger partial charge >= 0.3 is 0 Å². The van der Waals surface area contributed by atoms with Crippen molar-refractivity contribution in [1.29, 1.82) is 0 Å². The lowest BCUT2D eigenvalue weighted by Gasteiger charge is -2.24. The molecular weight excluding hydrogens is 214 g/mol. The first-order valence-corrected chi connectivity index (χ1v) is 6.34. The Morgan fingerprint density at radius 3 is 2.87 bits per heavy atom. The molecule has 5 heteroatoms. The molecule has 0 spiro atoms. The first-order chi connectivity index (χ1) is 6.98. The molecule has 1 aromatic rings. The molecule has 1 atom stereocenters. The number of hydrogen-bond acceptors (Lipinski definition) is 3. The summed E-state index contributed by atoms with van der Waals surface area (Å²) >= 11 is 0. The molecule has 0 amide bonds. The van der Waals surface area contributed by atoms with Crippen molar-refractivity contribution >= 4 is 10.0 Å². The second kappa shape index (κ2) is 3.50. The lowest BCUT2D eigenvalue weighted by molar-refractivity contribution is 0.191. The fourth-order valence-electron chi connectivity index (χ4n) is 1.79. The van der Waals surface area contributed by atoms with Gasteiger partial charge in [-0.25, -0.2) is 13.6 Å². The molecule has 4 nitrogen and oxygen atoms in total. The van der Waals surface area contributed by atoms with E-state index in [1.165, 1.54) is 6.07 Å². The topological polar surface area (TPSA) is 69.4 Å². The maximum Gasteiger partial charge on any atom is 0.238 e. The molecule has 1 aliphatic rings. The van der Waals surface area contributed by atoms with Crippen LogP contribution >= 0.6 is 0 Å². The molecular formula is C10H13NO3S. The highest BCUT2D eigenvalue weighted by Crippen LogP contribution is 2.31. The zero-order valence-corrected chi connectivity index (χ0v) is 9.25. The van der Waals surface area contributed by atoms with Crippen molar-refractivity contribution in [2.75, 3.05) is 0 Å². The number of ether oxygens (including phenoxy) is 1. The molecule has 1 heterocycles. The van der Waals surface area contributed by atoms with Crippen LogP contribution in [0, 0.1) is 0 Å². The van der Waals surface area contributed by atoms with E-state index in [1.807, 2.05) is 6.92 Å². The summed E-state index contributed by atoms with van der Waals surface area (Å²) in [5, 5.41) is 5.13. The fraction of sp³-hybridized carbons (Fsp3) is 0.400. The Balaban J connectivity index is 2.56. The van der Waals surface area contributed by atoms with E-state index in [1.54, 1.807) is 12.1 Å². The highest BCUT2D eigenvalue weighted by molar-refractivity contribution is 7.89.